The SMILES string of the molecule is CC12C(=O)c3ccccc3C(=O)C1[C@H]1C=C[C@@H]2C1. The van der Waals surface area contributed by atoms with Gasteiger partial charge in [0.15, 0.2) is 11.6 Å². The Kier molecular flexibility index (Phi) is 1.71. The van der Waals surface area contributed by atoms with Crippen LogP contribution in [0.4, 0.5) is 0 Å². The maximum atomic E-state index is 12.8. The van der Waals surface area contributed by atoms with Crippen LogP contribution in [0.3, 0.4) is 0 Å². The van der Waals surface area contributed by atoms with Crippen molar-refractivity contribution in [2.75, 3.05) is 0 Å². The van der Waals surface area contributed by atoms with Crippen LogP contribution in [0.1, 0.15) is 34.1 Å². The number of Topliss-reactive ketones (excluding diaryl/α,β-unsaturated/α-hetero) is 2. The molecule has 2 bridgehead atoms. The molecular weight excluding hydrogens is 224 g/mol. The minimum atomic E-state index is -0.495. The standard InChI is InChI=1S/C16H14O2/c1-16-10-7-6-9(8-10)13(16)14(17)11-4-2-3-5-12(11)15(16)18/h2-7,9-10,13H,8H2,1H3/t9-,10+,13?,16?/m0/s1. The number of carbonyl (C=O) groups is 2. The van der Waals surface area contributed by atoms with Gasteiger partial charge in [0.25, 0.3) is 0 Å². The summed E-state index contributed by atoms with van der Waals surface area (Å²) < 4.78 is 0. The summed E-state index contributed by atoms with van der Waals surface area (Å²) in [5.74, 6) is 0.723. The van der Waals surface area contributed by atoms with Crippen molar-refractivity contribution in [3.63, 3.8) is 0 Å². The fraction of sp³-hybridized carbons (Fsp3) is 0.375. The lowest BCUT2D eigenvalue weighted by atomic mass is 9.59. The first-order chi connectivity index (χ1) is 8.64. The molecule has 2 heteroatoms. The molecule has 2 unspecified atom stereocenters. The average molecular weight is 238 g/mol. The molecule has 0 radical (unpaired) electrons. The third kappa shape index (κ3) is 0.925. The number of hydrogen-bond acceptors (Lipinski definition) is 2. The van der Waals surface area contributed by atoms with Gasteiger partial charge in [0.1, 0.15) is 0 Å². The minimum Gasteiger partial charge on any atom is -0.294 e. The topological polar surface area (TPSA) is 34.1 Å². The van der Waals surface area contributed by atoms with Gasteiger partial charge < -0.3 is 0 Å². The summed E-state index contributed by atoms with van der Waals surface area (Å²) >= 11 is 0. The highest BCUT2D eigenvalue weighted by atomic mass is 16.1. The number of hydrogen-bond donors (Lipinski definition) is 0. The van der Waals surface area contributed by atoms with Gasteiger partial charge in [-0.05, 0) is 18.3 Å². The largest absolute Gasteiger partial charge is 0.294 e. The minimum absolute atomic E-state index is 0.130. The molecule has 3 aliphatic carbocycles. The van der Waals surface area contributed by atoms with Crippen molar-refractivity contribution in [3.8, 4) is 0 Å². The van der Waals surface area contributed by atoms with Crippen LogP contribution < -0.4 is 0 Å². The van der Waals surface area contributed by atoms with E-state index in [-0.39, 0.29) is 29.3 Å². The molecule has 1 fully saturated rings. The molecule has 0 spiro atoms. The van der Waals surface area contributed by atoms with Crippen LogP contribution in [0.5, 0.6) is 0 Å². The summed E-state index contributed by atoms with van der Waals surface area (Å²) in [5, 5.41) is 0. The Balaban J connectivity index is 2.00. The van der Waals surface area contributed by atoms with Crippen LogP contribution >= 0.6 is 0 Å². The summed E-state index contributed by atoms with van der Waals surface area (Å²) in [6.45, 7) is 1.99. The molecule has 0 amide bonds. The molecular formula is C16H14O2. The smallest absolute Gasteiger partial charge is 0.170 e. The van der Waals surface area contributed by atoms with E-state index in [1.165, 1.54) is 0 Å². The highest BCUT2D eigenvalue weighted by Gasteiger charge is 2.62. The lowest BCUT2D eigenvalue weighted by Gasteiger charge is -2.40. The predicted octanol–water partition coefficient (Wildman–Crippen LogP) is 2.89. The van der Waals surface area contributed by atoms with Gasteiger partial charge in [-0.1, -0.05) is 43.3 Å². The Morgan fingerprint density at radius 2 is 1.83 bits per heavy atom. The zero-order valence-corrected chi connectivity index (χ0v) is 10.2. The van der Waals surface area contributed by atoms with Gasteiger partial charge in [-0.2, -0.15) is 0 Å². The van der Waals surface area contributed by atoms with Crippen molar-refractivity contribution < 1.29 is 9.59 Å². The first-order valence-corrected chi connectivity index (χ1v) is 6.50. The number of rotatable bonds is 0. The third-order valence-corrected chi connectivity index (χ3v) is 5.17. The molecule has 0 saturated heterocycles. The molecule has 1 aromatic carbocycles. The van der Waals surface area contributed by atoms with E-state index in [4.69, 9.17) is 0 Å². The molecule has 1 saturated carbocycles. The van der Waals surface area contributed by atoms with E-state index < -0.39 is 5.41 Å². The summed E-state index contributed by atoms with van der Waals surface area (Å²) in [4.78, 5) is 25.4. The first kappa shape index (κ1) is 10.2. The van der Waals surface area contributed by atoms with Crippen LogP contribution in [0.15, 0.2) is 36.4 Å². The molecule has 18 heavy (non-hydrogen) atoms. The van der Waals surface area contributed by atoms with Crippen molar-refractivity contribution >= 4 is 11.6 Å². The van der Waals surface area contributed by atoms with Gasteiger partial charge in [-0.25, -0.2) is 0 Å². The highest BCUT2D eigenvalue weighted by Crippen LogP contribution is 2.60. The Hall–Kier alpha value is -1.70. The maximum Gasteiger partial charge on any atom is 0.170 e. The number of ketones is 2. The normalized spacial score (nSPS) is 39.9. The van der Waals surface area contributed by atoms with E-state index in [2.05, 4.69) is 12.2 Å². The first-order valence-electron chi connectivity index (χ1n) is 6.50. The predicted molar refractivity (Wildman–Crippen MR) is 67.4 cm³/mol. The van der Waals surface area contributed by atoms with Crippen molar-refractivity contribution in [2.45, 2.75) is 13.3 Å². The van der Waals surface area contributed by atoms with Crippen LogP contribution in [-0.2, 0) is 0 Å². The van der Waals surface area contributed by atoms with Gasteiger partial charge >= 0.3 is 0 Å². The molecule has 3 aliphatic rings. The number of allylic oxidation sites excluding steroid dienone is 2. The number of benzene rings is 1. The fourth-order valence-corrected chi connectivity index (χ4v) is 4.22. The lowest BCUT2D eigenvalue weighted by molar-refractivity contribution is 0.0552. The number of fused-ring (bicyclic) bond motifs is 6. The van der Waals surface area contributed by atoms with Gasteiger partial charge in [0.2, 0.25) is 0 Å². The molecule has 0 heterocycles. The quantitative estimate of drug-likeness (QED) is 0.651. The highest BCUT2D eigenvalue weighted by molar-refractivity contribution is 6.18. The van der Waals surface area contributed by atoms with Gasteiger partial charge in [-0.3, -0.25) is 9.59 Å². The molecule has 0 aliphatic heterocycles. The van der Waals surface area contributed by atoms with E-state index in [1.807, 2.05) is 19.1 Å². The van der Waals surface area contributed by atoms with Gasteiger partial charge in [0, 0.05) is 22.5 Å². The molecule has 0 aromatic heterocycles. The lowest BCUT2D eigenvalue weighted by Crippen LogP contribution is -2.47. The zero-order valence-electron chi connectivity index (χ0n) is 10.2. The van der Waals surface area contributed by atoms with Crippen molar-refractivity contribution in [1.29, 1.82) is 0 Å². The molecule has 2 nitrogen and oxygen atoms in total. The van der Waals surface area contributed by atoms with Gasteiger partial charge in [-0.15, -0.1) is 0 Å². The maximum absolute atomic E-state index is 12.8. The zero-order chi connectivity index (χ0) is 12.5. The number of carbonyl (C=O) groups excluding carboxylic acids is 2. The van der Waals surface area contributed by atoms with Crippen molar-refractivity contribution in [3.05, 3.63) is 47.5 Å². The van der Waals surface area contributed by atoms with E-state index >= 15 is 0 Å². The summed E-state index contributed by atoms with van der Waals surface area (Å²) in [6, 6.07) is 7.28. The Labute approximate surface area is 106 Å². The summed E-state index contributed by atoms with van der Waals surface area (Å²) in [5.41, 5.74) is 0.762. The van der Waals surface area contributed by atoms with E-state index in [1.54, 1.807) is 12.1 Å². The Bertz CT molecular complexity index is 613. The van der Waals surface area contributed by atoms with Crippen LogP contribution in [0.25, 0.3) is 0 Å². The summed E-state index contributed by atoms with van der Waals surface area (Å²) in [7, 11) is 0. The summed E-state index contributed by atoms with van der Waals surface area (Å²) in [6.07, 6.45) is 5.24. The fourth-order valence-electron chi connectivity index (χ4n) is 4.22. The van der Waals surface area contributed by atoms with Crippen molar-refractivity contribution in [1.82, 2.24) is 0 Å². The van der Waals surface area contributed by atoms with Crippen LogP contribution in [0.2, 0.25) is 0 Å². The van der Waals surface area contributed by atoms with E-state index in [0.29, 0.717) is 11.1 Å². The van der Waals surface area contributed by atoms with E-state index in [0.717, 1.165) is 6.42 Å². The molecule has 4 atom stereocenters. The van der Waals surface area contributed by atoms with Crippen molar-refractivity contribution in [2.24, 2.45) is 23.2 Å². The van der Waals surface area contributed by atoms with Crippen LogP contribution in [0, 0.1) is 23.2 Å². The van der Waals surface area contributed by atoms with Gasteiger partial charge in [0.05, 0.1) is 0 Å². The molecule has 0 N–H and O–H groups in total. The second-order valence-corrected chi connectivity index (χ2v) is 5.89. The second kappa shape index (κ2) is 3.00. The van der Waals surface area contributed by atoms with Crippen LogP contribution in [-0.4, -0.2) is 11.6 Å². The van der Waals surface area contributed by atoms with E-state index in [9.17, 15) is 9.59 Å². The Morgan fingerprint density at radius 1 is 1.11 bits per heavy atom. The molecule has 90 valence electrons. The Morgan fingerprint density at radius 3 is 2.61 bits per heavy atom. The monoisotopic (exact) mass is 238 g/mol. The molecule has 1 aromatic rings. The second-order valence-electron chi connectivity index (χ2n) is 5.89. The average Bonchev–Trinajstić information content (AvgIpc) is 2.96. The molecule has 4 rings (SSSR count). The third-order valence-electron chi connectivity index (χ3n) is 5.17.